The molecule has 0 aliphatic carbocycles. The number of furan rings is 2. The van der Waals surface area contributed by atoms with Gasteiger partial charge < -0.3 is 13.7 Å². The maximum atomic E-state index is 6.97. The van der Waals surface area contributed by atoms with E-state index in [2.05, 4.69) is 223 Å². The third-order valence-electron chi connectivity index (χ3n) is 12.3. The molecule has 3 nitrogen and oxygen atoms in total. The van der Waals surface area contributed by atoms with E-state index < -0.39 is 0 Å². The monoisotopic (exact) mass is 805 g/mol. The Kier molecular flexibility index (Phi) is 8.83. The van der Waals surface area contributed by atoms with Crippen LogP contribution in [-0.2, 0) is 0 Å². The van der Waals surface area contributed by atoms with Crippen molar-refractivity contribution in [1.29, 1.82) is 0 Å². The Hall–Kier alpha value is -8.40. The molecule has 0 N–H and O–H groups in total. The summed E-state index contributed by atoms with van der Waals surface area (Å²) in [5, 5.41) is 4.35. The van der Waals surface area contributed by atoms with E-state index in [0.717, 1.165) is 94.3 Å². The summed E-state index contributed by atoms with van der Waals surface area (Å²) in [6.07, 6.45) is 0. The first kappa shape index (κ1) is 36.5. The lowest BCUT2D eigenvalue weighted by Gasteiger charge is -2.27. The maximum absolute atomic E-state index is 6.97. The Labute approximate surface area is 365 Å². The molecule has 0 radical (unpaired) electrons. The van der Waals surface area contributed by atoms with Gasteiger partial charge in [-0.3, -0.25) is 0 Å². The largest absolute Gasteiger partial charge is 0.456 e. The molecule has 0 saturated heterocycles. The van der Waals surface area contributed by atoms with E-state index in [-0.39, 0.29) is 0 Å². The first-order valence-electron chi connectivity index (χ1n) is 21.4. The van der Waals surface area contributed by atoms with E-state index in [1.54, 1.807) is 0 Å². The summed E-state index contributed by atoms with van der Waals surface area (Å²) in [4.78, 5) is 2.38. The average Bonchev–Trinajstić information content (AvgIpc) is 3.94. The number of benzene rings is 10. The molecule has 10 aromatic carbocycles. The summed E-state index contributed by atoms with van der Waals surface area (Å²) >= 11 is 0. The van der Waals surface area contributed by atoms with Crippen LogP contribution in [-0.4, -0.2) is 0 Å². The summed E-state index contributed by atoms with van der Waals surface area (Å²) in [5.74, 6) is 0. The van der Waals surface area contributed by atoms with Crippen molar-refractivity contribution in [3.05, 3.63) is 237 Å². The molecule has 0 unspecified atom stereocenters. The highest BCUT2D eigenvalue weighted by molar-refractivity contribution is 6.18. The van der Waals surface area contributed by atoms with Gasteiger partial charge >= 0.3 is 0 Å². The van der Waals surface area contributed by atoms with Crippen LogP contribution in [0.5, 0.6) is 0 Å². The van der Waals surface area contributed by atoms with Crippen LogP contribution in [0.4, 0.5) is 17.1 Å². The molecule has 12 rings (SSSR count). The molecule has 63 heavy (non-hydrogen) atoms. The molecule has 296 valence electrons. The number of hydrogen-bond acceptors (Lipinski definition) is 3. The van der Waals surface area contributed by atoms with Gasteiger partial charge in [-0.2, -0.15) is 0 Å². The fourth-order valence-corrected chi connectivity index (χ4v) is 9.24. The van der Waals surface area contributed by atoms with Crippen LogP contribution in [0.15, 0.2) is 245 Å². The van der Waals surface area contributed by atoms with E-state index >= 15 is 0 Å². The lowest BCUT2D eigenvalue weighted by molar-refractivity contribution is 0.669. The number of rotatable bonds is 8. The molecule has 0 spiro atoms. The molecule has 2 aromatic heterocycles. The molecular weight excluding hydrogens is 767 g/mol. The fraction of sp³-hybridized carbons (Fsp3) is 0. The number of anilines is 3. The van der Waals surface area contributed by atoms with Crippen molar-refractivity contribution in [3.8, 4) is 55.6 Å². The summed E-state index contributed by atoms with van der Waals surface area (Å²) in [7, 11) is 0. The minimum atomic E-state index is 0.838. The van der Waals surface area contributed by atoms with Gasteiger partial charge in [0.1, 0.15) is 22.3 Å². The van der Waals surface area contributed by atoms with Crippen LogP contribution in [0.2, 0.25) is 0 Å². The van der Waals surface area contributed by atoms with Crippen molar-refractivity contribution in [1.82, 2.24) is 0 Å². The Morgan fingerprint density at radius 3 is 1.51 bits per heavy atom. The predicted octanol–water partition coefficient (Wildman–Crippen LogP) is 17.3. The second kappa shape index (κ2) is 15.3. The van der Waals surface area contributed by atoms with Crippen molar-refractivity contribution >= 4 is 60.9 Å². The van der Waals surface area contributed by atoms with Gasteiger partial charge in [0.15, 0.2) is 0 Å². The molecule has 0 atom stereocenters. The van der Waals surface area contributed by atoms with Crippen LogP contribution < -0.4 is 4.90 Å². The SMILES string of the molecule is c1ccc(-c2ccc(-c3ccc(N(c4cccc(-c5ccccc5)c4)c4ccc(-c5ccccc5-c5ccc6c(c5)oc5ccccc56)c5oc6ccccc6c45)cc3)cc2)cc1. The molecule has 0 aliphatic heterocycles. The van der Waals surface area contributed by atoms with Gasteiger partial charge in [-0.15, -0.1) is 0 Å². The molecule has 0 amide bonds. The summed E-state index contributed by atoms with van der Waals surface area (Å²) in [6, 6.07) is 84.0. The highest BCUT2D eigenvalue weighted by atomic mass is 16.3. The van der Waals surface area contributed by atoms with E-state index in [1.807, 2.05) is 18.2 Å². The normalized spacial score (nSPS) is 11.5. The third kappa shape index (κ3) is 6.46. The van der Waals surface area contributed by atoms with Gasteiger partial charge in [0.05, 0.1) is 11.1 Å². The second-order valence-corrected chi connectivity index (χ2v) is 16.0. The molecule has 0 bridgehead atoms. The predicted molar refractivity (Wildman–Crippen MR) is 263 cm³/mol. The molecule has 3 heteroatoms. The zero-order valence-electron chi connectivity index (χ0n) is 34.3. The Morgan fingerprint density at radius 1 is 0.270 bits per heavy atom. The average molecular weight is 806 g/mol. The molecular formula is C60H39NO2. The zero-order chi connectivity index (χ0) is 41.7. The van der Waals surface area contributed by atoms with Gasteiger partial charge in [-0.1, -0.05) is 176 Å². The van der Waals surface area contributed by atoms with Crippen molar-refractivity contribution in [2.75, 3.05) is 4.90 Å². The molecule has 0 saturated carbocycles. The third-order valence-corrected chi connectivity index (χ3v) is 12.3. The molecule has 0 fully saturated rings. The highest BCUT2D eigenvalue weighted by Gasteiger charge is 2.24. The first-order chi connectivity index (χ1) is 31.2. The van der Waals surface area contributed by atoms with Crippen LogP contribution in [0.1, 0.15) is 0 Å². The fourth-order valence-electron chi connectivity index (χ4n) is 9.24. The summed E-state index contributed by atoms with van der Waals surface area (Å²) in [5.41, 5.74) is 17.9. The van der Waals surface area contributed by atoms with Gasteiger partial charge in [0, 0.05) is 33.1 Å². The van der Waals surface area contributed by atoms with E-state index in [9.17, 15) is 0 Å². The van der Waals surface area contributed by atoms with Crippen molar-refractivity contribution in [2.45, 2.75) is 0 Å². The molecule has 12 aromatic rings. The van der Waals surface area contributed by atoms with Crippen LogP contribution in [0.3, 0.4) is 0 Å². The molecule has 2 heterocycles. The van der Waals surface area contributed by atoms with E-state index in [1.165, 1.54) is 22.3 Å². The topological polar surface area (TPSA) is 29.5 Å². The van der Waals surface area contributed by atoms with Crippen LogP contribution >= 0.6 is 0 Å². The van der Waals surface area contributed by atoms with E-state index in [0.29, 0.717) is 0 Å². The highest BCUT2D eigenvalue weighted by Crippen LogP contribution is 2.48. The standard InChI is InChI=1S/C60H39NO2/c1-3-14-40(15-4-1)42-26-28-43(29-27-42)44-30-33-47(34-31-44)61(48-19-13-18-45(38-48)41-16-5-2-6-17-41)55-37-36-53(60-59(55)54-23-10-12-25-57(54)63-60)50-21-8-7-20-49(50)46-32-35-52-51-22-9-11-24-56(51)62-58(52)39-46/h1-39H. The Bertz CT molecular complexity index is 3600. The zero-order valence-corrected chi connectivity index (χ0v) is 34.3. The van der Waals surface area contributed by atoms with Crippen LogP contribution in [0, 0.1) is 0 Å². The number of nitrogens with zero attached hydrogens (tertiary/aromatic N) is 1. The Morgan fingerprint density at radius 2 is 0.794 bits per heavy atom. The lowest BCUT2D eigenvalue weighted by atomic mass is 9.92. The van der Waals surface area contributed by atoms with Crippen molar-refractivity contribution < 1.29 is 8.83 Å². The van der Waals surface area contributed by atoms with E-state index in [4.69, 9.17) is 8.83 Å². The quantitative estimate of drug-likeness (QED) is 0.153. The first-order valence-corrected chi connectivity index (χ1v) is 21.4. The summed E-state index contributed by atoms with van der Waals surface area (Å²) < 4.78 is 13.3. The maximum Gasteiger partial charge on any atom is 0.145 e. The number of para-hydroxylation sites is 2. The van der Waals surface area contributed by atoms with Crippen LogP contribution in [0.25, 0.3) is 99.5 Å². The van der Waals surface area contributed by atoms with Gasteiger partial charge in [0.2, 0.25) is 0 Å². The van der Waals surface area contributed by atoms with Gasteiger partial charge in [0.25, 0.3) is 0 Å². The minimum Gasteiger partial charge on any atom is -0.456 e. The lowest BCUT2D eigenvalue weighted by Crippen LogP contribution is -2.10. The van der Waals surface area contributed by atoms with Gasteiger partial charge in [-0.05, 0) is 111 Å². The minimum absolute atomic E-state index is 0.838. The van der Waals surface area contributed by atoms with Gasteiger partial charge in [-0.25, -0.2) is 0 Å². The smallest absolute Gasteiger partial charge is 0.145 e. The Balaban J connectivity index is 1.02. The van der Waals surface area contributed by atoms with Crippen molar-refractivity contribution in [3.63, 3.8) is 0 Å². The number of fused-ring (bicyclic) bond motifs is 6. The number of hydrogen-bond donors (Lipinski definition) is 0. The molecule has 0 aliphatic rings. The second-order valence-electron chi connectivity index (χ2n) is 16.0. The summed E-state index contributed by atoms with van der Waals surface area (Å²) in [6.45, 7) is 0. The van der Waals surface area contributed by atoms with Crippen molar-refractivity contribution in [2.24, 2.45) is 0 Å².